The summed E-state index contributed by atoms with van der Waals surface area (Å²) in [5, 5.41) is 7.78. The first-order valence-electron chi connectivity index (χ1n) is 8.77. The number of aromatic amines is 1. The van der Waals surface area contributed by atoms with Crippen molar-refractivity contribution < 1.29 is 13.2 Å². The number of nitrogens with one attached hydrogen (secondary N) is 1. The van der Waals surface area contributed by atoms with Gasteiger partial charge in [-0.05, 0) is 48.9 Å². The SMILES string of the molecule is Cc1ccc2c(=O)n(-c3ccc(C(=O)CS(=O)(=O)c4ccc(Cl)s4)nn3)c(=O)[nH]c2c1. The molecule has 0 unspecified atom stereocenters. The van der Waals surface area contributed by atoms with Crippen molar-refractivity contribution in [3.05, 3.63) is 78.9 Å². The molecule has 4 rings (SSSR count). The second kappa shape index (κ2) is 7.84. The van der Waals surface area contributed by atoms with E-state index in [2.05, 4.69) is 15.2 Å². The van der Waals surface area contributed by atoms with Gasteiger partial charge in [0.25, 0.3) is 5.56 Å². The molecule has 0 atom stereocenters. The summed E-state index contributed by atoms with van der Waals surface area (Å²) in [5.74, 6) is -1.69. The Labute approximate surface area is 183 Å². The summed E-state index contributed by atoms with van der Waals surface area (Å²) in [7, 11) is -3.88. The van der Waals surface area contributed by atoms with Gasteiger partial charge in [-0.25, -0.2) is 17.8 Å². The maximum absolute atomic E-state index is 12.7. The molecule has 0 saturated heterocycles. The second-order valence-electron chi connectivity index (χ2n) is 6.64. The monoisotopic (exact) mass is 476 g/mol. The fraction of sp³-hybridized carbons (Fsp3) is 0.105. The number of fused-ring (bicyclic) bond motifs is 1. The molecule has 31 heavy (non-hydrogen) atoms. The van der Waals surface area contributed by atoms with Crippen LogP contribution in [-0.2, 0) is 9.84 Å². The van der Waals surface area contributed by atoms with Crippen LogP contribution < -0.4 is 11.2 Å². The second-order valence-corrected chi connectivity index (χ2v) is 10.6. The van der Waals surface area contributed by atoms with Gasteiger partial charge in [0.15, 0.2) is 21.4 Å². The number of halogens is 1. The zero-order valence-electron chi connectivity index (χ0n) is 15.8. The first kappa shape index (κ1) is 21.1. The third kappa shape index (κ3) is 4.07. The smallest absolute Gasteiger partial charge is 0.306 e. The van der Waals surface area contributed by atoms with Crippen molar-refractivity contribution in [3.63, 3.8) is 0 Å². The predicted molar refractivity (Wildman–Crippen MR) is 116 cm³/mol. The number of thiophene rings is 1. The molecule has 0 aliphatic carbocycles. The van der Waals surface area contributed by atoms with Crippen LogP contribution in [0, 0.1) is 6.92 Å². The van der Waals surface area contributed by atoms with E-state index in [0.717, 1.165) is 21.5 Å². The van der Waals surface area contributed by atoms with E-state index in [1.54, 1.807) is 18.2 Å². The molecule has 0 radical (unpaired) electrons. The Balaban J connectivity index is 1.66. The lowest BCUT2D eigenvalue weighted by Crippen LogP contribution is -2.34. The minimum atomic E-state index is -3.88. The summed E-state index contributed by atoms with van der Waals surface area (Å²) in [6.07, 6.45) is 0. The molecule has 1 aromatic carbocycles. The van der Waals surface area contributed by atoms with Gasteiger partial charge in [-0.3, -0.25) is 9.59 Å². The summed E-state index contributed by atoms with van der Waals surface area (Å²) < 4.78 is 25.7. The standard InChI is InChI=1S/C19H13ClN4O5S2/c1-10-2-3-11-13(8-10)21-19(27)24(18(11)26)16-6-4-12(22-23-16)14(25)9-31(28,29)17-7-5-15(20)30-17/h2-8H,9H2,1H3,(H,21,27). The van der Waals surface area contributed by atoms with Crippen LogP contribution in [0.5, 0.6) is 0 Å². The normalized spacial score (nSPS) is 11.7. The third-order valence-corrected chi connectivity index (χ3v) is 7.82. The van der Waals surface area contributed by atoms with Crippen LogP contribution in [0.1, 0.15) is 16.1 Å². The van der Waals surface area contributed by atoms with Crippen LogP contribution >= 0.6 is 22.9 Å². The molecule has 0 fully saturated rings. The average Bonchev–Trinajstić information content (AvgIpc) is 3.15. The Bertz CT molecular complexity index is 1550. The largest absolute Gasteiger partial charge is 0.334 e. The number of rotatable bonds is 5. The summed E-state index contributed by atoms with van der Waals surface area (Å²) >= 11 is 6.61. The Morgan fingerprint density at radius 2 is 1.90 bits per heavy atom. The van der Waals surface area contributed by atoms with E-state index < -0.39 is 32.6 Å². The first-order chi connectivity index (χ1) is 14.7. The number of Topliss-reactive ketones (excluding diaryl/α,β-unsaturated/α-hetero) is 1. The number of carbonyl (C=O) groups excluding carboxylic acids is 1. The van der Waals surface area contributed by atoms with Gasteiger partial charge in [0.05, 0.1) is 15.2 Å². The Morgan fingerprint density at radius 3 is 2.55 bits per heavy atom. The highest BCUT2D eigenvalue weighted by molar-refractivity contribution is 7.94. The predicted octanol–water partition coefficient (Wildman–Crippen LogP) is 2.15. The van der Waals surface area contributed by atoms with Crippen LogP contribution in [-0.4, -0.2) is 39.7 Å². The van der Waals surface area contributed by atoms with E-state index >= 15 is 0 Å². The number of ketones is 1. The highest BCUT2D eigenvalue weighted by Gasteiger charge is 2.23. The molecule has 0 aliphatic rings. The van der Waals surface area contributed by atoms with Gasteiger partial charge in [0, 0.05) is 0 Å². The lowest BCUT2D eigenvalue weighted by Gasteiger charge is -2.06. The van der Waals surface area contributed by atoms with Crippen molar-refractivity contribution in [1.82, 2.24) is 19.7 Å². The lowest BCUT2D eigenvalue weighted by atomic mass is 10.2. The van der Waals surface area contributed by atoms with Crippen molar-refractivity contribution in [2.75, 3.05) is 5.75 Å². The summed E-state index contributed by atoms with van der Waals surface area (Å²) in [5.41, 5.74) is -0.249. The Hall–Kier alpha value is -3.15. The maximum Gasteiger partial charge on any atom is 0.334 e. The van der Waals surface area contributed by atoms with Crippen molar-refractivity contribution in [3.8, 4) is 5.82 Å². The van der Waals surface area contributed by atoms with Crippen LogP contribution in [0.2, 0.25) is 4.34 Å². The van der Waals surface area contributed by atoms with Gasteiger partial charge in [-0.15, -0.1) is 21.5 Å². The number of hydrogen-bond donors (Lipinski definition) is 1. The molecular formula is C19H13ClN4O5S2. The van der Waals surface area contributed by atoms with Crippen molar-refractivity contribution in [2.24, 2.45) is 0 Å². The molecule has 0 amide bonds. The molecule has 3 heterocycles. The number of aromatic nitrogens is 4. The van der Waals surface area contributed by atoms with Crippen LogP contribution in [0.25, 0.3) is 16.7 Å². The third-order valence-electron chi connectivity index (χ3n) is 4.39. The topological polar surface area (TPSA) is 132 Å². The van der Waals surface area contributed by atoms with Gasteiger partial charge < -0.3 is 4.98 Å². The highest BCUT2D eigenvalue weighted by atomic mass is 35.5. The average molecular weight is 477 g/mol. The number of carbonyl (C=O) groups is 1. The van der Waals surface area contributed by atoms with Crippen LogP contribution in [0.3, 0.4) is 0 Å². The molecule has 0 aliphatic heterocycles. The molecule has 0 bridgehead atoms. The summed E-state index contributed by atoms with van der Waals surface area (Å²) in [6.45, 7) is 1.83. The number of H-pyrrole nitrogens is 1. The molecular weight excluding hydrogens is 464 g/mol. The van der Waals surface area contributed by atoms with Gasteiger partial charge in [-0.1, -0.05) is 17.7 Å². The fourth-order valence-electron chi connectivity index (χ4n) is 2.92. The van der Waals surface area contributed by atoms with Crippen molar-refractivity contribution in [1.29, 1.82) is 0 Å². The molecule has 4 aromatic rings. The van der Waals surface area contributed by atoms with E-state index in [-0.39, 0.29) is 25.4 Å². The van der Waals surface area contributed by atoms with E-state index in [4.69, 9.17) is 11.6 Å². The summed E-state index contributed by atoms with van der Waals surface area (Å²) in [6, 6.07) is 10.2. The first-order valence-corrected chi connectivity index (χ1v) is 11.6. The molecule has 158 valence electrons. The number of nitrogens with zero attached hydrogens (tertiary/aromatic N) is 3. The summed E-state index contributed by atoms with van der Waals surface area (Å²) in [4.78, 5) is 40.2. The van der Waals surface area contributed by atoms with Crippen molar-refractivity contribution in [2.45, 2.75) is 11.1 Å². The zero-order valence-corrected chi connectivity index (χ0v) is 18.2. The number of hydrogen-bond acceptors (Lipinski definition) is 8. The fourth-order valence-corrected chi connectivity index (χ4v) is 5.69. The minimum Gasteiger partial charge on any atom is -0.306 e. The van der Waals surface area contributed by atoms with E-state index in [9.17, 15) is 22.8 Å². The van der Waals surface area contributed by atoms with Gasteiger partial charge in [-0.2, -0.15) is 0 Å². The number of sulfone groups is 1. The Kier molecular flexibility index (Phi) is 5.33. The zero-order chi connectivity index (χ0) is 22.3. The maximum atomic E-state index is 12.7. The quantitative estimate of drug-likeness (QED) is 0.436. The van der Waals surface area contributed by atoms with Gasteiger partial charge in [0.2, 0.25) is 0 Å². The van der Waals surface area contributed by atoms with Crippen molar-refractivity contribution >= 4 is 49.5 Å². The van der Waals surface area contributed by atoms with E-state index in [0.29, 0.717) is 5.52 Å². The Morgan fingerprint density at radius 1 is 1.13 bits per heavy atom. The highest BCUT2D eigenvalue weighted by Crippen LogP contribution is 2.26. The molecule has 0 spiro atoms. The molecule has 0 saturated carbocycles. The minimum absolute atomic E-state index is 0.0279. The van der Waals surface area contributed by atoms with Gasteiger partial charge in [0.1, 0.15) is 15.7 Å². The van der Waals surface area contributed by atoms with Gasteiger partial charge >= 0.3 is 5.69 Å². The van der Waals surface area contributed by atoms with Crippen LogP contribution in [0.4, 0.5) is 0 Å². The van der Waals surface area contributed by atoms with E-state index in [1.165, 1.54) is 24.3 Å². The molecule has 12 heteroatoms. The van der Waals surface area contributed by atoms with E-state index in [1.807, 2.05) is 6.92 Å². The van der Waals surface area contributed by atoms with Crippen LogP contribution in [0.15, 0.2) is 56.3 Å². The number of benzene rings is 1. The molecule has 1 N–H and O–H groups in total. The number of aryl methyl sites for hydroxylation is 1. The molecule has 3 aromatic heterocycles. The lowest BCUT2D eigenvalue weighted by molar-refractivity contribution is 0.101. The molecule has 9 nitrogen and oxygen atoms in total.